The molecule has 4 rings (SSSR count). The van der Waals surface area contributed by atoms with Gasteiger partial charge in [-0.05, 0) is 59.9 Å². The molecule has 0 spiro atoms. The van der Waals surface area contributed by atoms with Crippen LogP contribution in [0.5, 0.6) is 0 Å². The van der Waals surface area contributed by atoms with E-state index in [1.54, 1.807) is 0 Å². The largest absolute Gasteiger partial charge is 0.349 e. The molecule has 1 aliphatic rings. The van der Waals surface area contributed by atoms with Crippen LogP contribution < -0.4 is 16.2 Å². The van der Waals surface area contributed by atoms with E-state index in [-0.39, 0.29) is 35.6 Å². The monoisotopic (exact) mass is 526 g/mol. The number of carbonyl (C=O) groups excluding carboxylic acids is 1. The summed E-state index contributed by atoms with van der Waals surface area (Å²) in [5.74, 6) is -0.216. The molecule has 9 heteroatoms. The van der Waals surface area contributed by atoms with Gasteiger partial charge in [0.25, 0.3) is 11.5 Å². The number of fused-ring (bicyclic) bond motifs is 1. The summed E-state index contributed by atoms with van der Waals surface area (Å²) < 4.78 is 14.4. The molecule has 1 aliphatic heterocycles. The van der Waals surface area contributed by atoms with Gasteiger partial charge >= 0.3 is 0 Å². The van der Waals surface area contributed by atoms with Gasteiger partial charge in [-0.1, -0.05) is 18.2 Å². The van der Waals surface area contributed by atoms with E-state index in [4.69, 9.17) is 9.47 Å². The average molecular weight is 527 g/mol. The number of aryl methyl sites for hydroxylation is 1. The maximum atomic E-state index is 13.5. The highest BCUT2D eigenvalue weighted by Crippen LogP contribution is 2.32. The Bertz CT molecular complexity index is 1330. The normalized spacial score (nSPS) is 19.2. The third-order valence-electron chi connectivity index (χ3n) is 6.62. The highest BCUT2D eigenvalue weighted by molar-refractivity contribution is 7.98. The lowest BCUT2D eigenvalue weighted by Gasteiger charge is -2.37. The van der Waals surface area contributed by atoms with Gasteiger partial charge < -0.3 is 29.7 Å². The fraction of sp³-hybridized carbons (Fsp3) is 0.500. The van der Waals surface area contributed by atoms with Gasteiger partial charge in [0.15, 0.2) is 6.29 Å². The third kappa shape index (κ3) is 5.95. The molecule has 1 atom stereocenters. The molecule has 3 N–H and O–H groups in total. The molecular weight excluding hydrogens is 488 g/mol. The van der Waals surface area contributed by atoms with Crippen molar-refractivity contribution in [3.05, 3.63) is 63.2 Å². The Morgan fingerprint density at radius 1 is 1.22 bits per heavy atom. The van der Waals surface area contributed by atoms with Gasteiger partial charge in [-0.25, -0.2) is 0 Å². The van der Waals surface area contributed by atoms with E-state index in [1.807, 2.05) is 50.4 Å². The van der Waals surface area contributed by atoms with Gasteiger partial charge in [-0.3, -0.25) is 9.59 Å². The van der Waals surface area contributed by atoms with E-state index in [0.717, 1.165) is 27.2 Å². The number of aromatic amines is 1. The first-order valence-electron chi connectivity index (χ1n) is 12.7. The first-order valence-corrected chi connectivity index (χ1v) is 13.9. The predicted octanol–water partition coefficient (Wildman–Crippen LogP) is 4.29. The zero-order valence-corrected chi connectivity index (χ0v) is 23.5. The molecule has 3 heterocycles. The molecule has 1 amide bonds. The average Bonchev–Trinajstić information content (AvgIpc) is 3.13. The molecule has 1 fully saturated rings. The number of ether oxygens (including phenoxy) is 2. The van der Waals surface area contributed by atoms with E-state index in [1.165, 1.54) is 11.8 Å². The highest BCUT2D eigenvalue weighted by Gasteiger charge is 2.32. The lowest BCUT2D eigenvalue weighted by molar-refractivity contribution is -0.209. The first kappa shape index (κ1) is 27.4. The number of nitrogens with one attached hydrogen (secondary N) is 3. The Labute approximate surface area is 222 Å². The quantitative estimate of drug-likeness (QED) is 0.398. The van der Waals surface area contributed by atoms with Crippen molar-refractivity contribution in [2.45, 2.75) is 76.9 Å². The Kier molecular flexibility index (Phi) is 8.18. The predicted molar refractivity (Wildman–Crippen MR) is 149 cm³/mol. The fourth-order valence-corrected chi connectivity index (χ4v) is 5.82. The van der Waals surface area contributed by atoms with Crippen LogP contribution in [-0.4, -0.2) is 52.8 Å². The summed E-state index contributed by atoms with van der Waals surface area (Å²) in [5, 5.41) is 7.37. The first-order chi connectivity index (χ1) is 17.5. The second-order valence-corrected chi connectivity index (χ2v) is 11.6. The zero-order valence-electron chi connectivity index (χ0n) is 22.7. The zero-order chi connectivity index (χ0) is 26.9. The van der Waals surface area contributed by atoms with E-state index in [0.29, 0.717) is 24.3 Å². The van der Waals surface area contributed by atoms with Crippen molar-refractivity contribution in [3.63, 3.8) is 0 Å². The van der Waals surface area contributed by atoms with Gasteiger partial charge in [0.05, 0.1) is 30.9 Å². The van der Waals surface area contributed by atoms with Crippen molar-refractivity contribution in [3.8, 4) is 0 Å². The topological polar surface area (TPSA) is 97.4 Å². The number of para-hydroxylation sites is 1. The number of benzene rings is 1. The van der Waals surface area contributed by atoms with Crippen LogP contribution in [0.1, 0.15) is 61.0 Å². The minimum atomic E-state index is -0.432. The lowest BCUT2D eigenvalue weighted by atomic mass is 10.1. The van der Waals surface area contributed by atoms with Crippen molar-refractivity contribution in [1.29, 1.82) is 0 Å². The van der Waals surface area contributed by atoms with Crippen LogP contribution >= 0.6 is 11.8 Å². The summed E-state index contributed by atoms with van der Waals surface area (Å²) in [5.41, 5.74) is 3.52. The highest BCUT2D eigenvalue weighted by atomic mass is 32.2. The number of pyridine rings is 1. The van der Waals surface area contributed by atoms with Gasteiger partial charge in [-0.2, -0.15) is 0 Å². The molecule has 37 heavy (non-hydrogen) atoms. The third-order valence-corrected chi connectivity index (χ3v) is 7.42. The van der Waals surface area contributed by atoms with Crippen molar-refractivity contribution in [2.24, 2.45) is 0 Å². The number of carbonyl (C=O) groups is 1. The molecule has 0 saturated carbocycles. The van der Waals surface area contributed by atoms with E-state index in [2.05, 4.69) is 47.9 Å². The van der Waals surface area contributed by atoms with Gasteiger partial charge in [0, 0.05) is 44.8 Å². The van der Waals surface area contributed by atoms with Crippen LogP contribution in [0.3, 0.4) is 0 Å². The smallest absolute Gasteiger partial charge is 0.254 e. The molecule has 200 valence electrons. The fourth-order valence-electron chi connectivity index (χ4n) is 5.11. The van der Waals surface area contributed by atoms with Crippen LogP contribution in [0.2, 0.25) is 0 Å². The minimum Gasteiger partial charge on any atom is -0.349 e. The summed E-state index contributed by atoms with van der Waals surface area (Å²) >= 11 is 1.50. The number of thioether (sulfide) groups is 1. The molecular formula is C28H38N4O4S. The number of hydrogen-bond acceptors (Lipinski definition) is 6. The Balaban J connectivity index is 1.58. The Morgan fingerprint density at radius 2 is 1.89 bits per heavy atom. The molecule has 0 unspecified atom stereocenters. The van der Waals surface area contributed by atoms with E-state index < -0.39 is 6.29 Å². The lowest BCUT2D eigenvalue weighted by Crippen LogP contribution is -2.52. The maximum Gasteiger partial charge on any atom is 0.254 e. The number of hydrogen-bond donors (Lipinski definition) is 3. The second kappa shape index (κ2) is 11.0. The van der Waals surface area contributed by atoms with Crippen molar-refractivity contribution >= 4 is 28.6 Å². The summed E-state index contributed by atoms with van der Waals surface area (Å²) in [4.78, 5) is 29.8. The van der Waals surface area contributed by atoms with Gasteiger partial charge in [-0.15, -0.1) is 11.8 Å². The molecule has 1 aromatic carbocycles. The van der Waals surface area contributed by atoms with Crippen LogP contribution in [0, 0.1) is 13.8 Å². The molecule has 3 aromatic rings. The minimum absolute atomic E-state index is 0.0225. The molecule has 2 aromatic heterocycles. The van der Waals surface area contributed by atoms with Crippen molar-refractivity contribution in [1.82, 2.24) is 20.2 Å². The molecule has 8 nitrogen and oxygen atoms in total. The number of aromatic nitrogens is 2. The molecule has 0 aliphatic carbocycles. The SMILES string of the molecule is CSc1cc(C)[nH]c(=O)c1CNC(=O)c1c(C)n([C@H](C)C2OCC(NC(C)(C)C)CO2)c2ccccc12. The van der Waals surface area contributed by atoms with E-state index >= 15 is 0 Å². The summed E-state index contributed by atoms with van der Waals surface area (Å²) in [7, 11) is 0. The molecule has 0 bridgehead atoms. The van der Waals surface area contributed by atoms with Crippen LogP contribution in [0.25, 0.3) is 10.9 Å². The summed E-state index contributed by atoms with van der Waals surface area (Å²) in [6, 6.07) is 9.78. The Hall–Kier alpha value is -2.59. The van der Waals surface area contributed by atoms with Crippen LogP contribution in [0.15, 0.2) is 40.0 Å². The van der Waals surface area contributed by atoms with E-state index in [9.17, 15) is 9.59 Å². The standard InChI is InChI=1S/C28H38N4O4S/c1-16-12-23(37-7)21(25(33)30-16)13-29-26(34)24-17(2)32(22-11-9-8-10-20(22)24)18(3)27-35-14-19(15-36-27)31-28(4,5)6/h8-12,18-19,27,31H,13-15H2,1-7H3,(H,29,34)(H,30,33)/t18-,19?,27?/m1/s1. The van der Waals surface area contributed by atoms with Crippen molar-refractivity contribution < 1.29 is 14.3 Å². The van der Waals surface area contributed by atoms with Gasteiger partial charge in [0.1, 0.15) is 0 Å². The maximum absolute atomic E-state index is 13.5. The number of amides is 1. The van der Waals surface area contributed by atoms with Crippen LogP contribution in [0.4, 0.5) is 0 Å². The van der Waals surface area contributed by atoms with Gasteiger partial charge in [0.2, 0.25) is 0 Å². The second-order valence-electron chi connectivity index (χ2n) is 10.7. The summed E-state index contributed by atoms with van der Waals surface area (Å²) in [6.45, 7) is 13.5. The number of nitrogens with zero attached hydrogens (tertiary/aromatic N) is 1. The molecule has 0 radical (unpaired) electrons. The molecule has 1 saturated heterocycles. The number of rotatable bonds is 7. The summed E-state index contributed by atoms with van der Waals surface area (Å²) in [6.07, 6.45) is 1.49. The van der Waals surface area contributed by atoms with Crippen molar-refractivity contribution in [2.75, 3.05) is 19.5 Å². The number of H-pyrrole nitrogens is 1. The van der Waals surface area contributed by atoms with Crippen LogP contribution in [-0.2, 0) is 16.0 Å². The Morgan fingerprint density at radius 3 is 2.54 bits per heavy atom.